The summed E-state index contributed by atoms with van der Waals surface area (Å²) < 4.78 is 42.2. The lowest BCUT2D eigenvalue weighted by Gasteiger charge is -2.47. The highest BCUT2D eigenvalue weighted by Crippen LogP contribution is 2.71. The minimum Gasteiger partial charge on any atom is -0.506 e. The highest BCUT2D eigenvalue weighted by molar-refractivity contribution is 6.11. The molecule has 1 spiro atoms. The molecule has 0 radical (unpaired) electrons. The fraction of sp³-hybridized carbons (Fsp3) is 0.500. The fourth-order valence-electron chi connectivity index (χ4n) is 8.15. The molecular formula is C34H36O12. The molecule has 3 aromatic carbocycles. The van der Waals surface area contributed by atoms with E-state index >= 15 is 0 Å². The number of phenols is 1. The molecule has 12 nitrogen and oxygen atoms in total. The molecular weight excluding hydrogens is 600 g/mol. The van der Waals surface area contributed by atoms with Gasteiger partial charge in [-0.2, -0.15) is 0 Å². The molecule has 244 valence electrons. The zero-order valence-corrected chi connectivity index (χ0v) is 25.9. The van der Waals surface area contributed by atoms with Crippen molar-refractivity contribution in [3.63, 3.8) is 0 Å². The van der Waals surface area contributed by atoms with E-state index in [0.29, 0.717) is 34.1 Å². The van der Waals surface area contributed by atoms with E-state index in [-0.39, 0.29) is 41.4 Å². The number of rotatable bonds is 8. The van der Waals surface area contributed by atoms with Gasteiger partial charge in [-0.05, 0) is 47.6 Å². The van der Waals surface area contributed by atoms with E-state index in [2.05, 4.69) is 0 Å². The summed E-state index contributed by atoms with van der Waals surface area (Å²) in [4.78, 5) is 13.8. The van der Waals surface area contributed by atoms with Crippen LogP contribution in [0.3, 0.4) is 0 Å². The number of Topliss-reactive ketones (excluding diaryl/α,β-unsaturated/α-hetero) is 1. The van der Waals surface area contributed by atoms with Crippen LogP contribution >= 0.6 is 0 Å². The van der Waals surface area contributed by atoms with Gasteiger partial charge in [0.2, 0.25) is 11.4 Å². The number of hydrogen-bond acceptors (Lipinski definition) is 12. The van der Waals surface area contributed by atoms with E-state index in [9.17, 15) is 25.2 Å². The number of aryl methyl sites for hydroxylation is 1. The Hall–Kier alpha value is -3.33. The molecule has 0 saturated carbocycles. The lowest BCUT2D eigenvalue weighted by Crippen LogP contribution is -2.69. The van der Waals surface area contributed by atoms with E-state index in [0.717, 1.165) is 11.3 Å². The number of benzene rings is 3. The van der Waals surface area contributed by atoms with Gasteiger partial charge in [-0.3, -0.25) is 4.79 Å². The number of ketones is 1. The smallest absolute Gasteiger partial charge is 0.274 e. The van der Waals surface area contributed by atoms with E-state index in [1.165, 1.54) is 7.11 Å². The first-order valence-electron chi connectivity index (χ1n) is 15.4. The van der Waals surface area contributed by atoms with Gasteiger partial charge in [-0.15, -0.1) is 0 Å². The highest BCUT2D eigenvalue weighted by Gasteiger charge is 2.92. The number of fused-ring (bicyclic) bond motifs is 8. The Morgan fingerprint density at radius 3 is 2.48 bits per heavy atom. The van der Waals surface area contributed by atoms with Crippen molar-refractivity contribution in [1.82, 2.24) is 0 Å². The predicted octanol–water partition coefficient (Wildman–Crippen LogP) is 2.86. The van der Waals surface area contributed by atoms with Crippen molar-refractivity contribution in [3.05, 3.63) is 63.7 Å². The molecule has 4 aliphatic heterocycles. The largest absolute Gasteiger partial charge is 0.506 e. The van der Waals surface area contributed by atoms with Crippen LogP contribution in [0.5, 0.6) is 17.2 Å². The third-order valence-corrected chi connectivity index (χ3v) is 10.5. The quantitative estimate of drug-likeness (QED) is 0.268. The Balaban J connectivity index is 1.29. The van der Waals surface area contributed by atoms with Crippen molar-refractivity contribution in [3.8, 4) is 17.2 Å². The Morgan fingerprint density at radius 1 is 1.11 bits per heavy atom. The van der Waals surface area contributed by atoms with E-state index in [1.54, 1.807) is 14.0 Å². The summed E-state index contributed by atoms with van der Waals surface area (Å²) in [7, 11) is 3.00. The summed E-state index contributed by atoms with van der Waals surface area (Å²) >= 11 is 0. The van der Waals surface area contributed by atoms with Gasteiger partial charge >= 0.3 is 0 Å². The number of epoxide rings is 1. The van der Waals surface area contributed by atoms with Gasteiger partial charge in [-0.25, -0.2) is 0 Å². The summed E-state index contributed by atoms with van der Waals surface area (Å²) in [5.41, 5.74) is 1.50. The minimum absolute atomic E-state index is 0.0121. The van der Waals surface area contributed by atoms with E-state index < -0.39 is 60.7 Å². The Kier molecular flexibility index (Phi) is 6.58. The molecule has 12 heteroatoms. The van der Waals surface area contributed by atoms with Crippen LogP contribution in [0, 0.1) is 12.8 Å². The molecule has 1 aliphatic carbocycles. The molecule has 3 aromatic rings. The van der Waals surface area contributed by atoms with Gasteiger partial charge in [0, 0.05) is 24.2 Å². The summed E-state index contributed by atoms with van der Waals surface area (Å²) in [6.07, 6.45) is -3.13. The second-order valence-corrected chi connectivity index (χ2v) is 12.8. The van der Waals surface area contributed by atoms with E-state index in [1.807, 2.05) is 37.3 Å². The molecule has 8 rings (SSSR count). The van der Waals surface area contributed by atoms with Gasteiger partial charge in [0.1, 0.15) is 29.5 Å². The number of aromatic hydroxyl groups is 1. The molecule has 3 fully saturated rings. The average molecular weight is 637 g/mol. The van der Waals surface area contributed by atoms with E-state index in [4.69, 9.17) is 33.2 Å². The Morgan fingerprint density at radius 2 is 1.85 bits per heavy atom. The van der Waals surface area contributed by atoms with Crippen molar-refractivity contribution in [2.45, 2.75) is 75.1 Å². The van der Waals surface area contributed by atoms with Crippen LogP contribution in [-0.2, 0) is 36.9 Å². The summed E-state index contributed by atoms with van der Waals surface area (Å²) in [5.74, 6) is -3.98. The maximum Gasteiger partial charge on any atom is 0.274 e. The summed E-state index contributed by atoms with van der Waals surface area (Å²) in [6.45, 7) is 2.95. The van der Waals surface area contributed by atoms with Gasteiger partial charge in [-0.1, -0.05) is 25.1 Å². The number of phenolic OH excluding ortho intramolecular Hbond substituents is 1. The molecule has 6 unspecified atom stereocenters. The molecule has 4 heterocycles. The first kappa shape index (κ1) is 30.0. The Bertz CT molecular complexity index is 1760. The first-order valence-corrected chi connectivity index (χ1v) is 15.4. The monoisotopic (exact) mass is 636 g/mol. The van der Waals surface area contributed by atoms with Crippen molar-refractivity contribution in [1.29, 1.82) is 0 Å². The average Bonchev–Trinajstić information content (AvgIpc) is 3.73. The molecule has 5 aliphatic rings. The Labute approximate surface area is 264 Å². The van der Waals surface area contributed by atoms with Crippen LogP contribution in [0.4, 0.5) is 0 Å². The fourth-order valence-corrected chi connectivity index (χ4v) is 8.15. The second kappa shape index (κ2) is 10.1. The molecule has 46 heavy (non-hydrogen) atoms. The molecule has 0 aromatic heterocycles. The molecule has 0 amide bonds. The lowest BCUT2D eigenvalue weighted by atomic mass is 9.75. The normalized spacial score (nSPS) is 34.0. The van der Waals surface area contributed by atoms with Crippen molar-refractivity contribution < 1.29 is 58.4 Å². The van der Waals surface area contributed by atoms with Crippen molar-refractivity contribution in [2.75, 3.05) is 27.4 Å². The SMILES string of the molecule is COc1ccc(CO[C@H]2C[C@@H](C)C(=O)c3c2c(CO)c2cc(C)c4c(c2c3O)OC2(O)C3OC(C(CO)OC)(OC43)C23CO3)cc1. The van der Waals surface area contributed by atoms with Crippen molar-refractivity contribution in [2.24, 2.45) is 5.92 Å². The maximum atomic E-state index is 13.8. The van der Waals surface area contributed by atoms with Crippen LogP contribution in [0.25, 0.3) is 10.8 Å². The van der Waals surface area contributed by atoms with Gasteiger partial charge in [0.25, 0.3) is 5.79 Å². The summed E-state index contributed by atoms with van der Waals surface area (Å²) in [6, 6.07) is 9.26. The zero-order chi connectivity index (χ0) is 32.3. The van der Waals surface area contributed by atoms with Crippen LogP contribution in [0.15, 0.2) is 30.3 Å². The first-order chi connectivity index (χ1) is 22.1. The number of methoxy groups -OCH3 is 2. The van der Waals surface area contributed by atoms with Crippen LogP contribution in [-0.4, -0.2) is 83.0 Å². The highest BCUT2D eigenvalue weighted by atomic mass is 16.9. The number of carbonyl (C=O) groups is 1. The number of carbonyl (C=O) groups excluding carboxylic acids is 1. The van der Waals surface area contributed by atoms with Gasteiger partial charge in [0.15, 0.2) is 11.9 Å². The molecule has 3 saturated heterocycles. The third kappa shape index (κ3) is 3.58. The molecule has 4 N–H and O–H groups in total. The second-order valence-electron chi connectivity index (χ2n) is 12.8. The lowest BCUT2D eigenvalue weighted by molar-refractivity contribution is -0.307. The molecule has 8 atom stereocenters. The maximum absolute atomic E-state index is 13.8. The minimum atomic E-state index is -2.07. The predicted molar refractivity (Wildman–Crippen MR) is 158 cm³/mol. The van der Waals surface area contributed by atoms with Gasteiger partial charge in [0.05, 0.1) is 50.6 Å². The standard InChI is InChI=1S/C34H36O12/c1-15-9-19-20(11-35)24-21(42-13-17-5-7-18(40-3)8-6-17)10-16(2)27(37)26(24)28(38)25(19)29-23(15)30-31-33(39,44-29)32(14-43-32)34(45-30,46-31)22(12-36)41-4/h5-9,16,21-22,30-31,35-36,38-39H,10-14H2,1-4H3/t16-,21+,22?,30?,31?,32?,33?,34?/m1/s1. The number of aliphatic hydroxyl groups is 3. The van der Waals surface area contributed by atoms with Crippen LogP contribution in [0.2, 0.25) is 0 Å². The zero-order valence-electron chi connectivity index (χ0n) is 25.9. The topological polar surface area (TPSA) is 166 Å². The van der Waals surface area contributed by atoms with Crippen LogP contribution in [0.1, 0.15) is 63.7 Å². The third-order valence-electron chi connectivity index (χ3n) is 10.5. The van der Waals surface area contributed by atoms with Gasteiger partial charge < -0.3 is 53.6 Å². The van der Waals surface area contributed by atoms with Crippen LogP contribution < -0.4 is 9.47 Å². The molecule has 2 bridgehead atoms. The number of aliphatic hydroxyl groups excluding tert-OH is 2. The number of ether oxygens (including phenoxy) is 7. The summed E-state index contributed by atoms with van der Waals surface area (Å²) in [5, 5.41) is 45.8. The number of hydrogen-bond donors (Lipinski definition) is 4. The van der Waals surface area contributed by atoms with Crippen molar-refractivity contribution >= 4 is 16.6 Å².